The molecule has 0 atom stereocenters. The van der Waals surface area contributed by atoms with Crippen molar-refractivity contribution in [3.63, 3.8) is 0 Å². The van der Waals surface area contributed by atoms with E-state index in [0.29, 0.717) is 34.5 Å². The Morgan fingerprint density at radius 2 is 2.00 bits per heavy atom. The number of amides is 2. The number of hydrogen-bond acceptors (Lipinski definition) is 6. The van der Waals surface area contributed by atoms with Crippen molar-refractivity contribution in [2.45, 2.75) is 32.1 Å². The molecule has 156 valence electrons. The van der Waals surface area contributed by atoms with E-state index < -0.39 is 0 Å². The van der Waals surface area contributed by atoms with Crippen LogP contribution in [0.1, 0.15) is 41.9 Å². The molecular formula is C21H21ClN4O3S. The molecule has 1 N–H and O–H groups in total. The van der Waals surface area contributed by atoms with Crippen molar-refractivity contribution in [2.75, 3.05) is 18.4 Å². The number of nitrogens with zero attached hydrogens (tertiary/aromatic N) is 3. The zero-order chi connectivity index (χ0) is 20.9. The molecule has 1 fully saturated rings. The summed E-state index contributed by atoms with van der Waals surface area (Å²) in [6.45, 7) is 1.47. The van der Waals surface area contributed by atoms with Crippen molar-refractivity contribution in [3.05, 3.63) is 51.5 Å². The predicted molar refractivity (Wildman–Crippen MR) is 116 cm³/mol. The second-order valence-electron chi connectivity index (χ2n) is 7.10. The Hall–Kier alpha value is -2.71. The molecule has 0 unspecified atom stereocenters. The highest BCUT2D eigenvalue weighted by atomic mass is 35.5. The van der Waals surface area contributed by atoms with Crippen LogP contribution in [0.15, 0.2) is 39.4 Å². The predicted octanol–water partition coefficient (Wildman–Crippen LogP) is 4.65. The summed E-state index contributed by atoms with van der Waals surface area (Å²) >= 11 is 7.65. The lowest BCUT2D eigenvalue weighted by Crippen LogP contribution is -2.36. The number of hydrogen-bond donors (Lipinski definition) is 1. The van der Waals surface area contributed by atoms with Crippen molar-refractivity contribution in [1.82, 2.24) is 15.1 Å². The zero-order valence-electron chi connectivity index (χ0n) is 16.3. The van der Waals surface area contributed by atoms with Crippen LogP contribution < -0.4 is 5.32 Å². The van der Waals surface area contributed by atoms with Crippen molar-refractivity contribution < 1.29 is 14.0 Å². The molecule has 0 saturated carbocycles. The number of halogens is 1. The lowest BCUT2D eigenvalue weighted by Gasteiger charge is -2.27. The summed E-state index contributed by atoms with van der Waals surface area (Å²) in [4.78, 5) is 27.2. The molecule has 2 amide bonds. The Balaban J connectivity index is 1.40. The second-order valence-corrected chi connectivity index (χ2v) is 8.32. The molecule has 0 aliphatic carbocycles. The molecule has 0 spiro atoms. The number of likely N-dealkylation sites (tertiary alicyclic amines) is 1. The number of carbonyl (C=O) groups is 2. The maximum Gasteiger partial charge on any atom is 0.255 e. The van der Waals surface area contributed by atoms with Crippen molar-refractivity contribution in [1.29, 1.82) is 0 Å². The van der Waals surface area contributed by atoms with E-state index >= 15 is 0 Å². The summed E-state index contributed by atoms with van der Waals surface area (Å²) in [7, 11) is 0. The average molecular weight is 445 g/mol. The van der Waals surface area contributed by atoms with Crippen LogP contribution in [-0.4, -0.2) is 40.0 Å². The second kappa shape index (κ2) is 9.40. The van der Waals surface area contributed by atoms with Crippen LogP contribution in [0.2, 0.25) is 5.02 Å². The number of aromatic nitrogens is 2. The smallest absolute Gasteiger partial charge is 0.255 e. The molecule has 30 heavy (non-hydrogen) atoms. The van der Waals surface area contributed by atoms with Gasteiger partial charge in [0.15, 0.2) is 0 Å². The quantitative estimate of drug-likeness (QED) is 0.597. The van der Waals surface area contributed by atoms with Gasteiger partial charge in [0.05, 0.1) is 11.3 Å². The Kier molecular flexibility index (Phi) is 6.44. The summed E-state index contributed by atoms with van der Waals surface area (Å²) in [5.74, 6) is 0.497. The monoisotopic (exact) mass is 444 g/mol. The van der Waals surface area contributed by atoms with Gasteiger partial charge in [0.25, 0.3) is 5.91 Å². The summed E-state index contributed by atoms with van der Waals surface area (Å²) in [6, 6.07) is 6.84. The third kappa shape index (κ3) is 4.88. The van der Waals surface area contributed by atoms with E-state index in [1.165, 1.54) is 0 Å². The van der Waals surface area contributed by atoms with Gasteiger partial charge in [-0.3, -0.25) is 9.59 Å². The van der Waals surface area contributed by atoms with E-state index in [1.54, 1.807) is 29.5 Å². The fourth-order valence-corrected chi connectivity index (χ4v) is 4.17. The number of rotatable bonds is 6. The van der Waals surface area contributed by atoms with Crippen molar-refractivity contribution in [2.24, 2.45) is 0 Å². The molecule has 0 radical (unpaired) electrons. The molecule has 3 heterocycles. The Morgan fingerprint density at radius 1 is 1.17 bits per heavy atom. The first-order chi connectivity index (χ1) is 14.6. The summed E-state index contributed by atoms with van der Waals surface area (Å²) < 4.78 is 5.61. The highest BCUT2D eigenvalue weighted by Gasteiger charge is 2.22. The first kappa shape index (κ1) is 20.6. The van der Waals surface area contributed by atoms with E-state index in [4.69, 9.17) is 16.0 Å². The number of piperidine rings is 1. The highest BCUT2D eigenvalue weighted by molar-refractivity contribution is 7.08. The van der Waals surface area contributed by atoms with Crippen LogP contribution in [0, 0.1) is 0 Å². The number of nitrogens with one attached hydrogen (secondary N) is 1. The Morgan fingerprint density at radius 3 is 2.77 bits per heavy atom. The van der Waals surface area contributed by atoms with Crippen molar-refractivity contribution >= 4 is 40.4 Å². The first-order valence-electron chi connectivity index (χ1n) is 9.84. The topological polar surface area (TPSA) is 88.3 Å². The SMILES string of the molecule is O=C(CCc1nnc(-c2ccsc2)o1)Nc1cc(Cl)ccc1C(=O)N1CCCCC1. The van der Waals surface area contributed by atoms with E-state index in [-0.39, 0.29) is 18.2 Å². The minimum absolute atomic E-state index is 0.0843. The summed E-state index contributed by atoms with van der Waals surface area (Å²) in [5, 5.41) is 15.1. The first-order valence-corrected chi connectivity index (χ1v) is 11.2. The minimum Gasteiger partial charge on any atom is -0.421 e. The van der Waals surface area contributed by atoms with Crippen LogP contribution in [0.4, 0.5) is 5.69 Å². The van der Waals surface area contributed by atoms with Gasteiger partial charge in [-0.25, -0.2) is 0 Å². The molecule has 1 aromatic carbocycles. The normalized spacial score (nSPS) is 14.0. The third-order valence-corrected chi connectivity index (χ3v) is 5.85. The summed E-state index contributed by atoms with van der Waals surface area (Å²) in [5.41, 5.74) is 1.74. The van der Waals surface area contributed by atoms with Crippen LogP contribution in [0.3, 0.4) is 0 Å². The Bertz CT molecular complexity index is 1030. The van der Waals surface area contributed by atoms with Gasteiger partial charge in [0.1, 0.15) is 0 Å². The molecule has 1 aliphatic heterocycles. The van der Waals surface area contributed by atoms with Gasteiger partial charge >= 0.3 is 0 Å². The van der Waals surface area contributed by atoms with Crippen LogP contribution in [-0.2, 0) is 11.2 Å². The van der Waals surface area contributed by atoms with Crippen LogP contribution in [0.25, 0.3) is 11.5 Å². The van der Waals surface area contributed by atoms with Crippen LogP contribution >= 0.6 is 22.9 Å². The number of anilines is 1. The lowest BCUT2D eigenvalue weighted by atomic mass is 10.1. The largest absolute Gasteiger partial charge is 0.421 e. The number of carbonyl (C=O) groups excluding carboxylic acids is 2. The molecule has 0 bridgehead atoms. The molecule has 7 nitrogen and oxygen atoms in total. The van der Waals surface area contributed by atoms with Gasteiger partial charge in [-0.15, -0.1) is 10.2 Å². The molecule has 3 aromatic rings. The van der Waals surface area contributed by atoms with E-state index in [2.05, 4.69) is 15.5 Å². The van der Waals surface area contributed by atoms with Gasteiger partial charge in [-0.05, 0) is 48.9 Å². The molecular weight excluding hydrogens is 424 g/mol. The molecule has 1 saturated heterocycles. The zero-order valence-corrected chi connectivity index (χ0v) is 17.8. The highest BCUT2D eigenvalue weighted by Crippen LogP contribution is 2.25. The van der Waals surface area contributed by atoms with Gasteiger partial charge in [0.2, 0.25) is 17.7 Å². The molecule has 9 heteroatoms. The average Bonchev–Trinajstić information content (AvgIpc) is 3.44. The molecule has 2 aromatic heterocycles. The van der Waals surface area contributed by atoms with Crippen LogP contribution in [0.5, 0.6) is 0 Å². The fraction of sp³-hybridized carbons (Fsp3) is 0.333. The Labute approximate surface area is 183 Å². The van der Waals surface area contributed by atoms with E-state index in [9.17, 15) is 9.59 Å². The molecule has 4 rings (SSSR count). The molecule has 1 aliphatic rings. The van der Waals surface area contributed by atoms with E-state index in [0.717, 1.165) is 37.9 Å². The van der Waals surface area contributed by atoms with Gasteiger partial charge in [0, 0.05) is 41.9 Å². The maximum absolute atomic E-state index is 12.9. The fourth-order valence-electron chi connectivity index (χ4n) is 3.36. The lowest BCUT2D eigenvalue weighted by molar-refractivity contribution is -0.116. The number of benzene rings is 1. The number of thiophene rings is 1. The van der Waals surface area contributed by atoms with Gasteiger partial charge in [-0.2, -0.15) is 11.3 Å². The van der Waals surface area contributed by atoms with Gasteiger partial charge < -0.3 is 14.6 Å². The summed E-state index contributed by atoms with van der Waals surface area (Å²) in [6.07, 6.45) is 3.59. The minimum atomic E-state index is -0.250. The third-order valence-electron chi connectivity index (χ3n) is 4.93. The number of aryl methyl sites for hydroxylation is 1. The maximum atomic E-state index is 12.9. The van der Waals surface area contributed by atoms with Crippen molar-refractivity contribution in [3.8, 4) is 11.5 Å². The van der Waals surface area contributed by atoms with Gasteiger partial charge in [-0.1, -0.05) is 11.6 Å². The standard InChI is InChI=1S/C21H21ClN4O3S/c22-15-4-5-16(21(28)26-9-2-1-3-10-26)17(12-15)23-18(27)6-7-19-24-25-20(29-19)14-8-11-30-13-14/h4-5,8,11-13H,1-3,6-7,9-10H2,(H,23,27). The van der Waals surface area contributed by atoms with E-state index in [1.807, 2.05) is 21.7 Å².